The average molecular weight is 270 g/mol. The van der Waals surface area contributed by atoms with Gasteiger partial charge < -0.3 is 9.84 Å². The standard InChI is InChI=1S/C18H22O2/c1-4-18(19,16-8-6-5-7-9-16)13-15-12-14(2)10-11-17(15)20-3/h5-12,19H,4,13H2,1-3H3. The fourth-order valence-electron chi connectivity index (χ4n) is 2.54. The summed E-state index contributed by atoms with van der Waals surface area (Å²) >= 11 is 0. The zero-order chi connectivity index (χ0) is 14.6. The average Bonchev–Trinajstić information content (AvgIpc) is 2.48. The summed E-state index contributed by atoms with van der Waals surface area (Å²) in [7, 11) is 1.67. The SMILES string of the molecule is CCC(O)(Cc1cc(C)ccc1OC)c1ccccc1. The van der Waals surface area contributed by atoms with Crippen LogP contribution >= 0.6 is 0 Å². The first-order chi connectivity index (χ1) is 9.59. The highest BCUT2D eigenvalue weighted by Crippen LogP contribution is 2.32. The molecule has 1 atom stereocenters. The van der Waals surface area contributed by atoms with Gasteiger partial charge in [0, 0.05) is 6.42 Å². The molecular weight excluding hydrogens is 248 g/mol. The van der Waals surface area contributed by atoms with Gasteiger partial charge in [-0.25, -0.2) is 0 Å². The molecule has 0 saturated heterocycles. The van der Waals surface area contributed by atoms with Gasteiger partial charge in [-0.2, -0.15) is 0 Å². The van der Waals surface area contributed by atoms with E-state index in [0.29, 0.717) is 12.8 Å². The fraction of sp³-hybridized carbons (Fsp3) is 0.333. The van der Waals surface area contributed by atoms with Crippen LogP contribution in [0.5, 0.6) is 5.75 Å². The summed E-state index contributed by atoms with van der Waals surface area (Å²) in [5, 5.41) is 11.0. The van der Waals surface area contributed by atoms with Crippen molar-refractivity contribution < 1.29 is 9.84 Å². The minimum atomic E-state index is -0.859. The molecule has 2 aromatic carbocycles. The highest BCUT2D eigenvalue weighted by atomic mass is 16.5. The van der Waals surface area contributed by atoms with Crippen molar-refractivity contribution in [2.75, 3.05) is 7.11 Å². The van der Waals surface area contributed by atoms with E-state index in [0.717, 1.165) is 16.9 Å². The number of ether oxygens (including phenoxy) is 1. The topological polar surface area (TPSA) is 29.5 Å². The molecule has 0 aliphatic heterocycles. The van der Waals surface area contributed by atoms with Gasteiger partial charge in [-0.3, -0.25) is 0 Å². The van der Waals surface area contributed by atoms with E-state index in [1.54, 1.807) is 7.11 Å². The van der Waals surface area contributed by atoms with Crippen LogP contribution in [0.3, 0.4) is 0 Å². The van der Waals surface area contributed by atoms with Crippen LogP contribution in [0.25, 0.3) is 0 Å². The molecule has 1 N–H and O–H groups in total. The molecule has 0 aliphatic rings. The molecule has 0 spiro atoms. The summed E-state index contributed by atoms with van der Waals surface area (Å²) in [5.41, 5.74) is 2.31. The van der Waals surface area contributed by atoms with Gasteiger partial charge in [0.05, 0.1) is 12.7 Å². The van der Waals surface area contributed by atoms with Crippen molar-refractivity contribution in [2.24, 2.45) is 0 Å². The first-order valence-corrected chi connectivity index (χ1v) is 7.00. The molecule has 106 valence electrons. The van der Waals surface area contributed by atoms with E-state index in [9.17, 15) is 5.11 Å². The van der Waals surface area contributed by atoms with Crippen LogP contribution in [0.4, 0.5) is 0 Å². The van der Waals surface area contributed by atoms with E-state index < -0.39 is 5.60 Å². The van der Waals surface area contributed by atoms with Crippen LogP contribution in [0.15, 0.2) is 48.5 Å². The Hall–Kier alpha value is -1.80. The first-order valence-electron chi connectivity index (χ1n) is 7.00. The predicted octanol–water partition coefficient (Wildman–Crippen LogP) is 3.84. The number of rotatable bonds is 5. The van der Waals surface area contributed by atoms with Crippen LogP contribution in [-0.2, 0) is 12.0 Å². The second-order valence-electron chi connectivity index (χ2n) is 5.24. The Morgan fingerprint density at radius 2 is 1.80 bits per heavy atom. The third-order valence-electron chi connectivity index (χ3n) is 3.81. The molecule has 1 unspecified atom stereocenters. The summed E-state index contributed by atoms with van der Waals surface area (Å²) in [4.78, 5) is 0. The summed E-state index contributed by atoms with van der Waals surface area (Å²) in [6.45, 7) is 4.06. The number of methoxy groups -OCH3 is 1. The number of benzene rings is 2. The normalized spacial score (nSPS) is 13.8. The molecule has 0 bridgehead atoms. The van der Waals surface area contributed by atoms with Crippen molar-refractivity contribution in [1.29, 1.82) is 0 Å². The zero-order valence-electron chi connectivity index (χ0n) is 12.4. The maximum Gasteiger partial charge on any atom is 0.122 e. The molecule has 0 heterocycles. The fourth-order valence-corrected chi connectivity index (χ4v) is 2.54. The van der Waals surface area contributed by atoms with E-state index in [1.807, 2.05) is 49.4 Å². The summed E-state index contributed by atoms with van der Waals surface area (Å²) in [6.07, 6.45) is 1.21. The van der Waals surface area contributed by atoms with Crippen LogP contribution < -0.4 is 4.74 Å². The van der Waals surface area contributed by atoms with Gasteiger partial charge in [0.1, 0.15) is 5.75 Å². The van der Waals surface area contributed by atoms with E-state index in [1.165, 1.54) is 5.56 Å². The minimum absolute atomic E-state index is 0.554. The second-order valence-corrected chi connectivity index (χ2v) is 5.24. The molecule has 0 saturated carbocycles. The smallest absolute Gasteiger partial charge is 0.122 e. The van der Waals surface area contributed by atoms with Gasteiger partial charge in [0.2, 0.25) is 0 Å². The lowest BCUT2D eigenvalue weighted by Crippen LogP contribution is -2.27. The zero-order valence-corrected chi connectivity index (χ0v) is 12.4. The maximum absolute atomic E-state index is 11.0. The molecule has 0 radical (unpaired) electrons. The van der Waals surface area contributed by atoms with E-state index in [-0.39, 0.29) is 0 Å². The maximum atomic E-state index is 11.0. The molecule has 2 nitrogen and oxygen atoms in total. The van der Waals surface area contributed by atoms with Crippen LogP contribution in [0.1, 0.15) is 30.0 Å². The molecule has 0 aromatic heterocycles. The summed E-state index contributed by atoms with van der Waals surface area (Å²) < 4.78 is 5.42. The quantitative estimate of drug-likeness (QED) is 0.894. The Balaban J connectivity index is 2.38. The lowest BCUT2D eigenvalue weighted by molar-refractivity contribution is 0.0321. The molecule has 0 aliphatic carbocycles. The highest BCUT2D eigenvalue weighted by molar-refractivity contribution is 5.39. The predicted molar refractivity (Wildman–Crippen MR) is 82.1 cm³/mol. The number of aliphatic hydroxyl groups is 1. The van der Waals surface area contributed by atoms with E-state index >= 15 is 0 Å². The Morgan fingerprint density at radius 1 is 1.10 bits per heavy atom. The Morgan fingerprint density at radius 3 is 2.40 bits per heavy atom. The van der Waals surface area contributed by atoms with Crippen molar-refractivity contribution in [3.05, 3.63) is 65.2 Å². The monoisotopic (exact) mass is 270 g/mol. The molecule has 20 heavy (non-hydrogen) atoms. The Bertz CT molecular complexity index is 563. The number of hydrogen-bond acceptors (Lipinski definition) is 2. The van der Waals surface area contributed by atoms with Crippen molar-refractivity contribution in [3.63, 3.8) is 0 Å². The molecule has 2 heteroatoms. The molecule has 0 amide bonds. The van der Waals surface area contributed by atoms with Crippen LogP contribution in [0.2, 0.25) is 0 Å². The van der Waals surface area contributed by atoms with Crippen LogP contribution in [0, 0.1) is 6.92 Å². The van der Waals surface area contributed by atoms with Crippen molar-refractivity contribution in [1.82, 2.24) is 0 Å². The van der Waals surface area contributed by atoms with Gasteiger partial charge in [0.15, 0.2) is 0 Å². The summed E-state index contributed by atoms with van der Waals surface area (Å²) in [6, 6.07) is 15.9. The highest BCUT2D eigenvalue weighted by Gasteiger charge is 2.28. The Kier molecular flexibility index (Phi) is 4.46. The van der Waals surface area contributed by atoms with Gasteiger partial charge in [-0.05, 0) is 30.5 Å². The Labute approximate surface area is 121 Å². The van der Waals surface area contributed by atoms with E-state index in [4.69, 9.17) is 4.74 Å². The molecular formula is C18H22O2. The van der Waals surface area contributed by atoms with Gasteiger partial charge in [-0.15, -0.1) is 0 Å². The van der Waals surface area contributed by atoms with Gasteiger partial charge >= 0.3 is 0 Å². The van der Waals surface area contributed by atoms with Crippen molar-refractivity contribution in [2.45, 2.75) is 32.3 Å². The van der Waals surface area contributed by atoms with Gasteiger partial charge in [-0.1, -0.05) is 55.0 Å². The molecule has 0 fully saturated rings. The largest absolute Gasteiger partial charge is 0.496 e. The molecule has 2 aromatic rings. The summed E-state index contributed by atoms with van der Waals surface area (Å²) in [5.74, 6) is 0.832. The lowest BCUT2D eigenvalue weighted by Gasteiger charge is -2.28. The minimum Gasteiger partial charge on any atom is -0.496 e. The third-order valence-corrected chi connectivity index (χ3v) is 3.81. The van der Waals surface area contributed by atoms with Crippen molar-refractivity contribution >= 4 is 0 Å². The third kappa shape index (κ3) is 3.02. The van der Waals surface area contributed by atoms with Crippen molar-refractivity contribution in [3.8, 4) is 5.75 Å². The second kappa shape index (κ2) is 6.10. The van der Waals surface area contributed by atoms with E-state index in [2.05, 4.69) is 13.0 Å². The van der Waals surface area contributed by atoms with Gasteiger partial charge in [0.25, 0.3) is 0 Å². The lowest BCUT2D eigenvalue weighted by atomic mass is 9.84. The molecule has 2 rings (SSSR count). The van der Waals surface area contributed by atoms with Crippen LogP contribution in [-0.4, -0.2) is 12.2 Å². The number of aryl methyl sites for hydroxylation is 1. The number of hydrogen-bond donors (Lipinski definition) is 1. The first kappa shape index (κ1) is 14.6.